The predicted molar refractivity (Wildman–Crippen MR) is 59.5 cm³/mol. The van der Waals surface area contributed by atoms with Crippen molar-refractivity contribution in [2.24, 2.45) is 0 Å². The maximum absolute atomic E-state index is 4.66. The molecule has 0 aliphatic heterocycles. The third kappa shape index (κ3) is 1.52. The minimum absolute atomic E-state index is 1.01. The van der Waals surface area contributed by atoms with E-state index in [1.807, 2.05) is 6.20 Å². The van der Waals surface area contributed by atoms with Crippen LogP contribution in [0, 0.1) is 0 Å². The number of aryl methyl sites for hydroxylation is 2. The number of H-pyrrole nitrogens is 1. The van der Waals surface area contributed by atoms with Gasteiger partial charge in [0.05, 0.1) is 0 Å². The van der Waals surface area contributed by atoms with E-state index in [0.29, 0.717) is 0 Å². The van der Waals surface area contributed by atoms with Crippen molar-refractivity contribution >= 4 is 10.9 Å². The second-order valence-corrected chi connectivity index (χ2v) is 3.60. The third-order valence-electron chi connectivity index (χ3n) is 2.53. The number of hydrogen-bond donors (Lipinski definition) is 1. The van der Waals surface area contributed by atoms with Gasteiger partial charge in [-0.05, 0) is 25.0 Å². The topological polar surface area (TPSA) is 28.7 Å². The molecule has 0 saturated carbocycles. The summed E-state index contributed by atoms with van der Waals surface area (Å²) in [5, 5.41) is 1.28. The van der Waals surface area contributed by atoms with Gasteiger partial charge in [-0.2, -0.15) is 0 Å². The zero-order valence-electron chi connectivity index (χ0n) is 8.80. The zero-order valence-corrected chi connectivity index (χ0v) is 8.80. The molecule has 0 unspecified atom stereocenters. The van der Waals surface area contributed by atoms with Crippen LogP contribution in [0.1, 0.15) is 31.7 Å². The van der Waals surface area contributed by atoms with Crippen LogP contribution < -0.4 is 0 Å². The van der Waals surface area contributed by atoms with Crippen LogP contribution in [0.5, 0.6) is 0 Å². The van der Waals surface area contributed by atoms with E-state index in [0.717, 1.165) is 19.3 Å². The van der Waals surface area contributed by atoms with Gasteiger partial charge in [0, 0.05) is 28.5 Å². The number of fused-ring (bicyclic) bond motifs is 1. The SMILES string of the molecule is CCCc1nc(CC)cc2[nH]ccc12. The molecule has 2 nitrogen and oxygen atoms in total. The highest BCUT2D eigenvalue weighted by molar-refractivity contribution is 5.81. The first-order chi connectivity index (χ1) is 6.85. The number of pyridine rings is 1. The van der Waals surface area contributed by atoms with E-state index in [-0.39, 0.29) is 0 Å². The van der Waals surface area contributed by atoms with Gasteiger partial charge >= 0.3 is 0 Å². The number of aromatic nitrogens is 2. The predicted octanol–water partition coefficient (Wildman–Crippen LogP) is 3.08. The molecule has 0 radical (unpaired) electrons. The third-order valence-corrected chi connectivity index (χ3v) is 2.53. The molecule has 74 valence electrons. The molecule has 14 heavy (non-hydrogen) atoms. The van der Waals surface area contributed by atoms with Crippen molar-refractivity contribution in [2.75, 3.05) is 0 Å². The van der Waals surface area contributed by atoms with Gasteiger partial charge in [-0.15, -0.1) is 0 Å². The number of hydrogen-bond acceptors (Lipinski definition) is 1. The second-order valence-electron chi connectivity index (χ2n) is 3.60. The van der Waals surface area contributed by atoms with Gasteiger partial charge in [0.2, 0.25) is 0 Å². The Balaban J connectivity index is 2.58. The van der Waals surface area contributed by atoms with Crippen molar-refractivity contribution in [2.45, 2.75) is 33.1 Å². The van der Waals surface area contributed by atoms with E-state index < -0.39 is 0 Å². The Labute approximate surface area is 84.4 Å². The molecule has 0 spiro atoms. The van der Waals surface area contributed by atoms with Crippen LogP contribution in [-0.4, -0.2) is 9.97 Å². The van der Waals surface area contributed by atoms with Gasteiger partial charge in [0.15, 0.2) is 0 Å². The number of nitrogens with one attached hydrogen (secondary N) is 1. The first-order valence-electron chi connectivity index (χ1n) is 5.31. The normalized spacial score (nSPS) is 11.0. The number of rotatable bonds is 3. The Kier molecular flexibility index (Phi) is 2.53. The summed E-state index contributed by atoms with van der Waals surface area (Å²) in [5.74, 6) is 0. The Hall–Kier alpha value is -1.31. The summed E-state index contributed by atoms with van der Waals surface area (Å²) in [7, 11) is 0. The maximum atomic E-state index is 4.66. The van der Waals surface area contributed by atoms with Crippen LogP contribution in [0.3, 0.4) is 0 Å². The monoisotopic (exact) mass is 188 g/mol. The highest BCUT2D eigenvalue weighted by atomic mass is 14.7. The lowest BCUT2D eigenvalue weighted by atomic mass is 10.1. The number of aromatic amines is 1. The molecule has 0 bridgehead atoms. The van der Waals surface area contributed by atoms with Gasteiger partial charge < -0.3 is 4.98 Å². The molecule has 0 atom stereocenters. The van der Waals surface area contributed by atoms with E-state index in [1.54, 1.807) is 0 Å². The van der Waals surface area contributed by atoms with E-state index in [4.69, 9.17) is 0 Å². The summed E-state index contributed by atoms with van der Waals surface area (Å²) >= 11 is 0. The van der Waals surface area contributed by atoms with Crippen LogP contribution in [0.4, 0.5) is 0 Å². The van der Waals surface area contributed by atoms with Gasteiger partial charge in [0.25, 0.3) is 0 Å². The molecular formula is C12H16N2. The van der Waals surface area contributed by atoms with Crippen molar-refractivity contribution in [1.82, 2.24) is 9.97 Å². The fraction of sp³-hybridized carbons (Fsp3) is 0.417. The molecule has 0 saturated heterocycles. The average molecular weight is 188 g/mol. The zero-order chi connectivity index (χ0) is 9.97. The quantitative estimate of drug-likeness (QED) is 0.787. The highest BCUT2D eigenvalue weighted by Crippen LogP contribution is 2.18. The fourth-order valence-corrected chi connectivity index (χ4v) is 1.79. The highest BCUT2D eigenvalue weighted by Gasteiger charge is 2.04. The Morgan fingerprint density at radius 2 is 2.21 bits per heavy atom. The van der Waals surface area contributed by atoms with Crippen molar-refractivity contribution in [1.29, 1.82) is 0 Å². The van der Waals surface area contributed by atoms with Gasteiger partial charge in [0.1, 0.15) is 0 Å². The smallest absolute Gasteiger partial charge is 0.0500 e. The van der Waals surface area contributed by atoms with Crippen molar-refractivity contribution in [3.8, 4) is 0 Å². The molecule has 0 aliphatic rings. The van der Waals surface area contributed by atoms with E-state index in [2.05, 4.69) is 35.9 Å². The van der Waals surface area contributed by atoms with Crippen molar-refractivity contribution in [3.63, 3.8) is 0 Å². The molecule has 0 amide bonds. The van der Waals surface area contributed by atoms with Crippen LogP contribution in [0.25, 0.3) is 10.9 Å². The lowest BCUT2D eigenvalue weighted by molar-refractivity contribution is 0.874. The first kappa shape index (κ1) is 9.25. The van der Waals surface area contributed by atoms with Crippen LogP contribution in [0.15, 0.2) is 18.3 Å². The maximum Gasteiger partial charge on any atom is 0.0500 e. The van der Waals surface area contributed by atoms with E-state index >= 15 is 0 Å². The summed E-state index contributed by atoms with van der Waals surface area (Å²) < 4.78 is 0. The average Bonchev–Trinajstić information content (AvgIpc) is 2.66. The van der Waals surface area contributed by atoms with Gasteiger partial charge in [-0.3, -0.25) is 4.98 Å². The fourth-order valence-electron chi connectivity index (χ4n) is 1.79. The van der Waals surface area contributed by atoms with E-state index in [1.165, 1.54) is 22.3 Å². The Morgan fingerprint density at radius 3 is 2.93 bits per heavy atom. The molecule has 2 heteroatoms. The molecule has 1 N–H and O–H groups in total. The summed E-state index contributed by atoms with van der Waals surface area (Å²) in [6.07, 6.45) is 5.22. The minimum atomic E-state index is 1.01. The van der Waals surface area contributed by atoms with E-state index in [9.17, 15) is 0 Å². The second kappa shape index (κ2) is 3.82. The molecule has 2 aromatic heterocycles. The summed E-state index contributed by atoms with van der Waals surface area (Å²) in [6.45, 7) is 4.34. The molecule has 0 aliphatic carbocycles. The van der Waals surface area contributed by atoms with Gasteiger partial charge in [-0.1, -0.05) is 20.3 Å². The minimum Gasteiger partial charge on any atom is -0.361 e. The molecule has 0 aromatic carbocycles. The molecule has 2 heterocycles. The Morgan fingerprint density at radius 1 is 1.36 bits per heavy atom. The van der Waals surface area contributed by atoms with Crippen LogP contribution in [-0.2, 0) is 12.8 Å². The molecule has 0 fully saturated rings. The summed E-state index contributed by atoms with van der Waals surface area (Å²) in [5.41, 5.74) is 3.65. The Bertz CT molecular complexity index is 429. The van der Waals surface area contributed by atoms with Crippen LogP contribution in [0.2, 0.25) is 0 Å². The van der Waals surface area contributed by atoms with Gasteiger partial charge in [-0.25, -0.2) is 0 Å². The largest absolute Gasteiger partial charge is 0.361 e. The standard InChI is InChI=1S/C12H16N2/c1-3-5-11-10-6-7-13-12(10)8-9(4-2)14-11/h6-8,13H,3-5H2,1-2H3. The molecular weight excluding hydrogens is 172 g/mol. The summed E-state index contributed by atoms with van der Waals surface area (Å²) in [6, 6.07) is 4.27. The molecule has 2 aromatic rings. The summed E-state index contributed by atoms with van der Waals surface area (Å²) in [4.78, 5) is 7.91. The van der Waals surface area contributed by atoms with Crippen molar-refractivity contribution < 1.29 is 0 Å². The first-order valence-corrected chi connectivity index (χ1v) is 5.31. The lowest BCUT2D eigenvalue weighted by Gasteiger charge is -2.03. The lowest BCUT2D eigenvalue weighted by Crippen LogP contribution is -1.95. The van der Waals surface area contributed by atoms with Crippen molar-refractivity contribution in [3.05, 3.63) is 29.7 Å². The number of nitrogens with zero attached hydrogens (tertiary/aromatic N) is 1. The van der Waals surface area contributed by atoms with Crippen LogP contribution >= 0.6 is 0 Å². The molecule has 2 rings (SSSR count).